The molecule has 0 saturated carbocycles. The van der Waals surface area contributed by atoms with Crippen molar-refractivity contribution in [2.24, 2.45) is 0 Å². The molecule has 0 bridgehead atoms. The predicted molar refractivity (Wildman–Crippen MR) is 136 cm³/mol. The minimum Gasteiger partial charge on any atom is -0.501 e. The van der Waals surface area contributed by atoms with Crippen molar-refractivity contribution in [3.05, 3.63) is 76.7 Å². The van der Waals surface area contributed by atoms with Gasteiger partial charge in [0.05, 0.1) is 29.9 Å². The lowest BCUT2D eigenvalue weighted by Gasteiger charge is -2.18. The molecule has 2 rings (SSSR count). The van der Waals surface area contributed by atoms with Crippen LogP contribution in [0.4, 0.5) is 5.69 Å². The molecular formula is C26H33N3O3S. The number of sulfonamides is 1. The Labute approximate surface area is 199 Å². The van der Waals surface area contributed by atoms with E-state index in [9.17, 15) is 13.7 Å². The number of nitriles is 1. The van der Waals surface area contributed by atoms with Gasteiger partial charge in [0.15, 0.2) is 0 Å². The Bertz CT molecular complexity index is 1120. The van der Waals surface area contributed by atoms with Crippen molar-refractivity contribution in [1.82, 2.24) is 5.32 Å². The first-order valence-corrected chi connectivity index (χ1v) is 12.5. The van der Waals surface area contributed by atoms with E-state index < -0.39 is 10.0 Å². The van der Waals surface area contributed by atoms with Crippen molar-refractivity contribution < 1.29 is 13.2 Å². The third-order valence-electron chi connectivity index (χ3n) is 4.72. The van der Waals surface area contributed by atoms with Gasteiger partial charge in [-0.05, 0) is 50.3 Å². The molecule has 6 nitrogen and oxygen atoms in total. The first-order chi connectivity index (χ1) is 15.9. The van der Waals surface area contributed by atoms with Crippen molar-refractivity contribution in [2.75, 3.05) is 30.8 Å². The second-order valence-electron chi connectivity index (χ2n) is 6.62. The number of anilines is 1. The minimum atomic E-state index is -3.31. The summed E-state index contributed by atoms with van der Waals surface area (Å²) in [5.41, 5.74) is 3.36. The average Bonchev–Trinajstić information content (AvgIpc) is 3.05. The van der Waals surface area contributed by atoms with Gasteiger partial charge in [-0.25, -0.2) is 8.42 Å². The minimum absolute atomic E-state index is 0.0347. The van der Waals surface area contributed by atoms with Crippen LogP contribution in [0.3, 0.4) is 0 Å². The molecule has 0 unspecified atom stereocenters. The van der Waals surface area contributed by atoms with Crippen molar-refractivity contribution >= 4 is 15.7 Å². The number of benzene rings is 1. The van der Waals surface area contributed by atoms with Gasteiger partial charge in [-0.2, -0.15) is 5.26 Å². The SMILES string of the molecule is CC.CCNC1=CCC(OC)=CC=C1/C(C#N)=C/C#Cc1ccc(N(C)S(=O)(=O)CC)cc1. The highest BCUT2D eigenvalue weighted by atomic mass is 32.2. The van der Waals surface area contributed by atoms with Crippen LogP contribution in [0.5, 0.6) is 0 Å². The molecule has 0 spiro atoms. The second kappa shape index (κ2) is 13.9. The number of hydrogen-bond donors (Lipinski definition) is 1. The molecule has 0 aromatic heterocycles. The van der Waals surface area contributed by atoms with Crippen LogP contribution < -0.4 is 9.62 Å². The number of methoxy groups -OCH3 is 1. The highest BCUT2D eigenvalue weighted by molar-refractivity contribution is 7.92. The summed E-state index contributed by atoms with van der Waals surface area (Å²) in [5.74, 6) is 6.78. The van der Waals surface area contributed by atoms with Crippen molar-refractivity contribution in [3.63, 3.8) is 0 Å². The summed E-state index contributed by atoms with van der Waals surface area (Å²) < 4.78 is 30.6. The maximum atomic E-state index is 12.0. The standard InChI is InChI=1S/C24H27N3O3S.C2H6/c1-5-26-24-17-15-22(30-4)14-16-23(24)20(18-25)9-7-8-19-10-12-21(13-11-19)27(3)31(28,29)6-2;1-2/h9-14,16-17,26H,5-6,15H2,1-4H3;1-2H3/b20-9+;. The zero-order valence-electron chi connectivity index (χ0n) is 20.3. The number of ether oxygens (including phenoxy) is 1. The summed E-state index contributed by atoms with van der Waals surface area (Å²) in [4.78, 5) is 0. The molecule has 0 saturated heterocycles. The van der Waals surface area contributed by atoms with E-state index in [1.165, 1.54) is 11.4 Å². The van der Waals surface area contributed by atoms with Gasteiger partial charge < -0.3 is 10.1 Å². The first kappa shape index (κ1) is 27.6. The number of likely N-dealkylation sites (N-methyl/N-ethyl adjacent to an activating group) is 1. The van der Waals surface area contributed by atoms with E-state index in [1.54, 1.807) is 44.4 Å². The molecule has 1 aromatic rings. The van der Waals surface area contributed by atoms with Gasteiger partial charge in [-0.1, -0.05) is 31.8 Å². The molecule has 0 heterocycles. The molecule has 0 aliphatic heterocycles. The maximum absolute atomic E-state index is 12.0. The van der Waals surface area contributed by atoms with Crippen LogP contribution in [0.25, 0.3) is 0 Å². The largest absolute Gasteiger partial charge is 0.501 e. The Morgan fingerprint density at radius 1 is 1.21 bits per heavy atom. The van der Waals surface area contributed by atoms with Crippen LogP contribution in [-0.4, -0.2) is 34.9 Å². The average molecular weight is 468 g/mol. The molecule has 33 heavy (non-hydrogen) atoms. The predicted octanol–water partition coefficient (Wildman–Crippen LogP) is 4.65. The third-order valence-corrected chi connectivity index (χ3v) is 6.49. The van der Waals surface area contributed by atoms with Crippen LogP contribution >= 0.6 is 0 Å². The van der Waals surface area contributed by atoms with E-state index in [0.29, 0.717) is 17.7 Å². The van der Waals surface area contributed by atoms with Crippen LogP contribution in [-0.2, 0) is 14.8 Å². The van der Waals surface area contributed by atoms with E-state index in [-0.39, 0.29) is 5.75 Å². The highest BCUT2D eigenvalue weighted by Gasteiger charge is 2.15. The van der Waals surface area contributed by atoms with E-state index in [2.05, 4.69) is 23.2 Å². The van der Waals surface area contributed by atoms with E-state index >= 15 is 0 Å². The lowest BCUT2D eigenvalue weighted by atomic mass is 10.0. The third kappa shape index (κ3) is 7.89. The van der Waals surface area contributed by atoms with Gasteiger partial charge in [0.2, 0.25) is 10.0 Å². The zero-order valence-corrected chi connectivity index (χ0v) is 21.1. The Hall–Kier alpha value is -3.42. The molecule has 0 amide bonds. The number of allylic oxidation sites excluding steroid dienone is 5. The van der Waals surface area contributed by atoms with Gasteiger partial charge in [-0.15, -0.1) is 0 Å². The van der Waals surface area contributed by atoms with Crippen molar-refractivity contribution in [1.29, 1.82) is 5.26 Å². The maximum Gasteiger partial charge on any atom is 0.234 e. The van der Waals surface area contributed by atoms with Gasteiger partial charge in [0.1, 0.15) is 6.07 Å². The quantitative estimate of drug-likeness (QED) is 0.466. The summed E-state index contributed by atoms with van der Waals surface area (Å²) >= 11 is 0. The molecule has 176 valence electrons. The number of hydrogen-bond acceptors (Lipinski definition) is 5. The fraction of sp³-hybridized carbons (Fsp3) is 0.346. The Morgan fingerprint density at radius 3 is 2.42 bits per heavy atom. The fourth-order valence-electron chi connectivity index (χ4n) is 2.86. The fourth-order valence-corrected chi connectivity index (χ4v) is 3.69. The van der Waals surface area contributed by atoms with Crippen LogP contribution in [0, 0.1) is 23.2 Å². The first-order valence-electron chi connectivity index (χ1n) is 10.9. The summed E-state index contributed by atoms with van der Waals surface area (Å²) in [6.45, 7) is 8.33. The van der Waals surface area contributed by atoms with Crippen LogP contribution in [0.1, 0.15) is 39.7 Å². The molecule has 1 aliphatic carbocycles. The lowest BCUT2D eigenvalue weighted by Crippen LogP contribution is -2.27. The second-order valence-corrected chi connectivity index (χ2v) is 8.91. The molecule has 1 aliphatic rings. The van der Waals surface area contributed by atoms with Crippen molar-refractivity contribution in [3.8, 4) is 17.9 Å². The van der Waals surface area contributed by atoms with Gasteiger partial charge in [0, 0.05) is 42.9 Å². The van der Waals surface area contributed by atoms with Gasteiger partial charge >= 0.3 is 0 Å². The summed E-state index contributed by atoms with van der Waals surface area (Å²) in [6, 6.07) is 9.16. The molecular weight excluding hydrogens is 434 g/mol. The highest BCUT2D eigenvalue weighted by Crippen LogP contribution is 2.23. The Balaban J connectivity index is 0.00000265. The van der Waals surface area contributed by atoms with Gasteiger partial charge in [0.25, 0.3) is 0 Å². The topological polar surface area (TPSA) is 82.4 Å². The molecule has 7 heteroatoms. The Kier molecular flexibility index (Phi) is 11.6. The number of rotatable bonds is 7. The number of nitrogens with one attached hydrogen (secondary N) is 1. The summed E-state index contributed by atoms with van der Waals surface area (Å²) in [5, 5.41) is 13.0. The Morgan fingerprint density at radius 2 is 1.88 bits per heavy atom. The zero-order chi connectivity index (χ0) is 24.9. The number of nitrogens with zero attached hydrogens (tertiary/aromatic N) is 2. The molecule has 0 atom stereocenters. The molecule has 1 N–H and O–H groups in total. The smallest absolute Gasteiger partial charge is 0.234 e. The van der Waals surface area contributed by atoms with E-state index in [1.807, 2.05) is 39.0 Å². The van der Waals surface area contributed by atoms with Crippen LogP contribution in [0.2, 0.25) is 0 Å². The van der Waals surface area contributed by atoms with Gasteiger partial charge in [-0.3, -0.25) is 4.31 Å². The summed E-state index contributed by atoms with van der Waals surface area (Å²) in [7, 11) is -0.154. The monoisotopic (exact) mass is 467 g/mol. The van der Waals surface area contributed by atoms with E-state index in [0.717, 1.165) is 29.1 Å². The van der Waals surface area contributed by atoms with E-state index in [4.69, 9.17) is 4.74 Å². The molecule has 0 fully saturated rings. The molecule has 0 radical (unpaired) electrons. The molecule has 1 aromatic carbocycles. The van der Waals surface area contributed by atoms with Crippen LogP contribution in [0.15, 0.2) is 71.2 Å². The van der Waals surface area contributed by atoms with Crippen molar-refractivity contribution in [2.45, 2.75) is 34.1 Å². The summed E-state index contributed by atoms with van der Waals surface area (Å²) in [6.07, 6.45) is 7.93. The lowest BCUT2D eigenvalue weighted by molar-refractivity contribution is 0.285. The normalized spacial score (nSPS) is 13.4.